The number of carbonyl (C=O) groups excluding carboxylic acids is 1. The standard InChI is InChI=1S/C25H26ClN6O8P/c26-25-31-19-22(27)28-14-29-23(19)32(25)24-21(35)20(34)17(39-24)13-38-41(36,40-16-9-5-2-6-10-16)30-11-18(33)37-12-15-7-3-1-4-8-15/h1-10,14,17,20-21,24,34-35H,11-13H2,(H,30,36)(H2,27,28,29)/t17-,20-,21-,24-,41?/m1/s1. The zero-order chi connectivity index (χ0) is 29.0. The number of ether oxygens (including phenoxy) is 2. The fraction of sp³-hybridized carbons (Fsp3) is 0.280. The van der Waals surface area contributed by atoms with Crippen molar-refractivity contribution in [3.8, 4) is 5.75 Å². The number of benzene rings is 2. The fourth-order valence-corrected chi connectivity index (χ4v) is 5.59. The number of nitrogens with two attached hydrogens (primary N) is 1. The molecule has 5 rings (SSSR count). The van der Waals surface area contributed by atoms with E-state index in [9.17, 15) is 19.6 Å². The normalized spacial score (nSPS) is 21.9. The summed E-state index contributed by atoms with van der Waals surface area (Å²) in [5, 5.41) is 23.8. The number of aliphatic hydroxyl groups is 2. The number of anilines is 1. The number of nitrogens with zero attached hydrogens (tertiary/aromatic N) is 4. The van der Waals surface area contributed by atoms with E-state index in [1.807, 2.05) is 18.2 Å². The van der Waals surface area contributed by atoms with Crippen molar-refractivity contribution in [2.75, 3.05) is 18.9 Å². The van der Waals surface area contributed by atoms with Gasteiger partial charge in [0.25, 0.3) is 0 Å². The third-order valence-corrected chi connectivity index (χ3v) is 7.84. The van der Waals surface area contributed by atoms with E-state index < -0.39 is 51.4 Å². The van der Waals surface area contributed by atoms with Gasteiger partial charge in [-0.1, -0.05) is 48.5 Å². The average molecular weight is 605 g/mol. The van der Waals surface area contributed by atoms with E-state index in [4.69, 9.17) is 35.9 Å². The summed E-state index contributed by atoms with van der Waals surface area (Å²) in [7, 11) is -4.23. The van der Waals surface area contributed by atoms with Crippen molar-refractivity contribution in [1.82, 2.24) is 24.6 Å². The van der Waals surface area contributed by atoms with Gasteiger partial charge in [-0.3, -0.25) is 13.9 Å². The number of halogens is 1. The maximum absolute atomic E-state index is 13.7. The van der Waals surface area contributed by atoms with Crippen molar-refractivity contribution < 1.29 is 38.1 Å². The second-order valence-corrected chi connectivity index (χ2v) is 11.0. The molecule has 5 atom stereocenters. The molecule has 4 aromatic rings. The number of hydrogen-bond acceptors (Lipinski definition) is 12. The molecule has 1 unspecified atom stereocenters. The molecule has 41 heavy (non-hydrogen) atoms. The highest BCUT2D eigenvalue weighted by atomic mass is 35.5. The van der Waals surface area contributed by atoms with E-state index in [-0.39, 0.29) is 34.6 Å². The quantitative estimate of drug-likeness (QED) is 0.111. The summed E-state index contributed by atoms with van der Waals surface area (Å²) in [6.45, 7) is -0.990. The van der Waals surface area contributed by atoms with Crippen molar-refractivity contribution >= 4 is 42.3 Å². The number of nitrogen functional groups attached to an aromatic ring is 1. The van der Waals surface area contributed by atoms with Crippen LogP contribution in [0.2, 0.25) is 5.28 Å². The summed E-state index contributed by atoms with van der Waals surface area (Å²) in [5.74, 6) is -0.443. The highest BCUT2D eigenvalue weighted by Gasteiger charge is 2.46. The molecular weight excluding hydrogens is 579 g/mol. The lowest BCUT2D eigenvalue weighted by Gasteiger charge is -2.22. The number of aromatic nitrogens is 4. The molecule has 0 amide bonds. The van der Waals surface area contributed by atoms with Crippen molar-refractivity contribution in [2.24, 2.45) is 0 Å². The number of rotatable bonds is 11. The Bertz CT molecular complexity index is 1550. The fourth-order valence-electron chi connectivity index (χ4n) is 4.05. The number of nitrogens with one attached hydrogen (secondary N) is 1. The van der Waals surface area contributed by atoms with Crippen LogP contribution in [0.5, 0.6) is 5.75 Å². The Morgan fingerprint density at radius 1 is 1.10 bits per heavy atom. The van der Waals surface area contributed by atoms with E-state index >= 15 is 0 Å². The van der Waals surface area contributed by atoms with Crippen LogP contribution in [0.3, 0.4) is 0 Å². The molecule has 0 bridgehead atoms. The molecule has 0 radical (unpaired) electrons. The lowest BCUT2D eigenvalue weighted by molar-refractivity contribution is -0.143. The SMILES string of the molecule is Nc1ncnc2c1nc(Cl)n2[C@@H]1O[C@H](COP(=O)(NCC(=O)OCc2ccccc2)Oc2ccccc2)[C@@H](O)[C@H]1O. The Balaban J connectivity index is 1.27. The summed E-state index contributed by atoms with van der Waals surface area (Å²) in [5.41, 5.74) is 6.98. The van der Waals surface area contributed by atoms with Crippen LogP contribution in [-0.2, 0) is 30.0 Å². The van der Waals surface area contributed by atoms with Crippen molar-refractivity contribution in [3.05, 3.63) is 77.8 Å². The first kappa shape index (κ1) is 28.9. The van der Waals surface area contributed by atoms with Crippen molar-refractivity contribution in [2.45, 2.75) is 31.1 Å². The van der Waals surface area contributed by atoms with Gasteiger partial charge in [0.2, 0.25) is 5.28 Å². The molecule has 216 valence electrons. The van der Waals surface area contributed by atoms with E-state index in [1.54, 1.807) is 42.5 Å². The highest BCUT2D eigenvalue weighted by molar-refractivity contribution is 7.52. The first-order valence-electron chi connectivity index (χ1n) is 12.3. The third-order valence-electron chi connectivity index (χ3n) is 6.09. The van der Waals surface area contributed by atoms with Gasteiger partial charge in [-0.05, 0) is 29.3 Å². The molecular formula is C25H26ClN6O8P. The summed E-state index contributed by atoms with van der Waals surface area (Å²) < 4.78 is 37.1. The minimum atomic E-state index is -4.23. The Labute approximate surface area is 238 Å². The summed E-state index contributed by atoms with van der Waals surface area (Å²) >= 11 is 6.26. The van der Waals surface area contributed by atoms with Crippen molar-refractivity contribution in [3.63, 3.8) is 0 Å². The average Bonchev–Trinajstić information content (AvgIpc) is 3.46. The van der Waals surface area contributed by atoms with Gasteiger partial charge in [0.05, 0.1) is 6.61 Å². The zero-order valence-electron chi connectivity index (χ0n) is 21.3. The molecule has 0 aliphatic carbocycles. The second kappa shape index (κ2) is 12.5. The predicted molar refractivity (Wildman–Crippen MR) is 146 cm³/mol. The second-order valence-electron chi connectivity index (χ2n) is 8.91. The van der Waals surface area contributed by atoms with E-state index in [0.29, 0.717) is 0 Å². The van der Waals surface area contributed by atoms with E-state index in [0.717, 1.165) is 5.56 Å². The topological polar surface area (TPSA) is 193 Å². The molecule has 3 heterocycles. The first-order valence-corrected chi connectivity index (χ1v) is 14.3. The molecule has 0 spiro atoms. The number of carbonyl (C=O) groups is 1. The maximum atomic E-state index is 13.7. The maximum Gasteiger partial charge on any atom is 0.459 e. The lowest BCUT2D eigenvalue weighted by Crippen LogP contribution is -2.34. The third kappa shape index (κ3) is 6.66. The molecule has 1 aliphatic heterocycles. The summed E-state index contributed by atoms with van der Waals surface area (Å²) in [6, 6.07) is 17.2. The Morgan fingerprint density at radius 2 is 1.80 bits per heavy atom. The van der Waals surface area contributed by atoms with E-state index in [1.165, 1.54) is 10.9 Å². The van der Waals surface area contributed by atoms with Gasteiger partial charge in [-0.25, -0.2) is 24.6 Å². The van der Waals surface area contributed by atoms with Gasteiger partial charge in [0, 0.05) is 0 Å². The minimum Gasteiger partial charge on any atom is -0.460 e. The van der Waals surface area contributed by atoms with Gasteiger partial charge in [-0.15, -0.1) is 0 Å². The predicted octanol–water partition coefficient (Wildman–Crippen LogP) is 2.22. The van der Waals surface area contributed by atoms with Crippen molar-refractivity contribution in [1.29, 1.82) is 0 Å². The van der Waals surface area contributed by atoms with Crippen LogP contribution in [-0.4, -0.2) is 67.2 Å². The summed E-state index contributed by atoms with van der Waals surface area (Å²) in [6.07, 6.45) is -4.22. The minimum absolute atomic E-state index is 0.0233. The molecule has 1 fully saturated rings. The van der Waals surface area contributed by atoms with Gasteiger partial charge in [0.1, 0.15) is 43.5 Å². The molecule has 1 aliphatic rings. The van der Waals surface area contributed by atoms with E-state index in [2.05, 4.69) is 20.0 Å². The number of esters is 1. The van der Waals surface area contributed by atoms with Crippen LogP contribution in [0.25, 0.3) is 11.2 Å². The van der Waals surface area contributed by atoms with Gasteiger partial charge in [-0.2, -0.15) is 0 Å². The molecule has 14 nitrogen and oxygen atoms in total. The Hall–Kier alpha value is -3.62. The largest absolute Gasteiger partial charge is 0.460 e. The number of aliphatic hydroxyl groups excluding tert-OH is 2. The monoisotopic (exact) mass is 604 g/mol. The van der Waals surface area contributed by atoms with Crippen LogP contribution >= 0.6 is 19.3 Å². The number of fused-ring (bicyclic) bond motifs is 1. The zero-order valence-corrected chi connectivity index (χ0v) is 23.0. The molecule has 2 aromatic heterocycles. The molecule has 1 saturated heterocycles. The van der Waals surface area contributed by atoms with Gasteiger partial charge < -0.3 is 29.9 Å². The molecule has 16 heteroatoms. The van der Waals surface area contributed by atoms with Crippen LogP contribution in [0, 0.1) is 0 Å². The smallest absolute Gasteiger partial charge is 0.459 e. The van der Waals surface area contributed by atoms with Crippen LogP contribution in [0.15, 0.2) is 67.0 Å². The lowest BCUT2D eigenvalue weighted by atomic mass is 10.1. The van der Waals surface area contributed by atoms with Gasteiger partial charge in [0.15, 0.2) is 23.2 Å². The number of imidazole rings is 1. The van der Waals surface area contributed by atoms with Crippen LogP contribution in [0.1, 0.15) is 11.8 Å². The Kier molecular flexibility index (Phi) is 8.80. The Morgan fingerprint density at radius 3 is 2.54 bits per heavy atom. The van der Waals surface area contributed by atoms with Crippen LogP contribution in [0.4, 0.5) is 5.82 Å². The number of para-hydroxylation sites is 1. The van der Waals surface area contributed by atoms with Crippen LogP contribution < -0.4 is 15.3 Å². The number of hydrogen-bond donors (Lipinski definition) is 4. The summed E-state index contributed by atoms with van der Waals surface area (Å²) in [4.78, 5) is 24.4. The molecule has 0 saturated carbocycles. The molecule has 2 aromatic carbocycles. The highest BCUT2D eigenvalue weighted by Crippen LogP contribution is 2.45. The molecule has 5 N–H and O–H groups in total. The first-order chi connectivity index (χ1) is 19.7. The van der Waals surface area contributed by atoms with Gasteiger partial charge >= 0.3 is 13.7 Å².